The molecular weight excluding hydrogens is 538 g/mol. The van der Waals surface area contributed by atoms with Gasteiger partial charge in [-0.05, 0) is 80.6 Å². The molecule has 35 heavy (non-hydrogen) atoms. The number of alkyl halides is 2. The van der Waals surface area contributed by atoms with Gasteiger partial charge < -0.3 is 9.45 Å². The van der Waals surface area contributed by atoms with Gasteiger partial charge in [0.05, 0.1) is 17.9 Å². The van der Waals surface area contributed by atoms with Crippen LogP contribution in [0.1, 0.15) is 68.6 Å². The average molecular weight is 568 g/mol. The fraction of sp³-hybridized carbons (Fsp3) is 0.542. The van der Waals surface area contributed by atoms with Crippen LogP contribution >= 0.6 is 15.9 Å². The summed E-state index contributed by atoms with van der Waals surface area (Å²) in [4.78, 5) is 11.5. The topological polar surface area (TPSA) is 81.4 Å². The monoisotopic (exact) mass is 566 g/mol. The second-order valence-corrected chi connectivity index (χ2v) is 13.3. The minimum Gasteiger partial charge on any atom is -0.598 e. The van der Waals surface area contributed by atoms with Crippen LogP contribution in [-0.2, 0) is 17.8 Å². The molecule has 1 aliphatic carbocycles. The minimum atomic E-state index is -2.59. The van der Waals surface area contributed by atoms with Crippen molar-refractivity contribution in [2.24, 2.45) is 5.41 Å². The van der Waals surface area contributed by atoms with Crippen molar-refractivity contribution >= 4 is 38.6 Å². The summed E-state index contributed by atoms with van der Waals surface area (Å²) in [6.45, 7) is 9.16. The van der Waals surface area contributed by atoms with Crippen molar-refractivity contribution in [3.05, 3.63) is 51.6 Å². The van der Waals surface area contributed by atoms with Crippen molar-refractivity contribution in [1.82, 2.24) is 24.3 Å². The van der Waals surface area contributed by atoms with E-state index >= 15 is 0 Å². The van der Waals surface area contributed by atoms with E-state index in [0.29, 0.717) is 6.42 Å². The Balaban J connectivity index is 1.46. The number of halogens is 3. The molecular formula is C24H29BrF2N6OS. The lowest BCUT2D eigenvalue weighted by molar-refractivity contribution is 0.150. The maximum Gasteiger partial charge on any atom is 0.265 e. The first-order chi connectivity index (χ1) is 16.5. The summed E-state index contributed by atoms with van der Waals surface area (Å²) in [5.41, 5.74) is 3.01. The molecule has 1 aliphatic heterocycles. The van der Waals surface area contributed by atoms with Gasteiger partial charge in [0.2, 0.25) is 0 Å². The molecule has 2 aliphatic rings. The van der Waals surface area contributed by atoms with E-state index in [1.54, 1.807) is 12.3 Å². The smallest absolute Gasteiger partial charge is 0.265 e. The summed E-state index contributed by atoms with van der Waals surface area (Å²) >= 11 is 2.22. The molecule has 2 atom stereocenters. The summed E-state index contributed by atoms with van der Waals surface area (Å²) in [7, 11) is 0. The number of hydrogen-bond acceptors (Lipinski definition) is 6. The van der Waals surface area contributed by atoms with Gasteiger partial charge in [-0.1, -0.05) is 0 Å². The van der Waals surface area contributed by atoms with Crippen LogP contribution in [0.5, 0.6) is 0 Å². The van der Waals surface area contributed by atoms with E-state index in [1.165, 1.54) is 6.20 Å². The Morgan fingerprint density at radius 1 is 1.29 bits per heavy atom. The summed E-state index contributed by atoms with van der Waals surface area (Å²) in [6.07, 6.45) is 2.71. The Hall–Kier alpha value is -1.82. The van der Waals surface area contributed by atoms with Gasteiger partial charge in [-0.3, -0.25) is 4.98 Å². The van der Waals surface area contributed by atoms with Crippen LogP contribution in [0, 0.1) is 12.3 Å². The number of piperidine rings is 1. The molecule has 7 nitrogen and oxygen atoms in total. The van der Waals surface area contributed by atoms with Crippen LogP contribution in [0.4, 0.5) is 14.6 Å². The molecule has 4 heterocycles. The van der Waals surface area contributed by atoms with Gasteiger partial charge in [0.1, 0.15) is 14.9 Å². The van der Waals surface area contributed by atoms with E-state index in [1.807, 2.05) is 38.3 Å². The number of aryl methyl sites for hydroxylation is 1. The zero-order valence-corrected chi connectivity index (χ0v) is 22.6. The summed E-state index contributed by atoms with van der Waals surface area (Å²) in [5, 5.41) is 4.41. The van der Waals surface area contributed by atoms with E-state index in [-0.39, 0.29) is 17.0 Å². The molecule has 0 aromatic carbocycles. The Morgan fingerprint density at radius 3 is 2.66 bits per heavy atom. The van der Waals surface area contributed by atoms with Crippen LogP contribution < -0.4 is 9.62 Å². The van der Waals surface area contributed by atoms with Crippen molar-refractivity contribution in [3.63, 3.8) is 0 Å². The third kappa shape index (κ3) is 4.34. The molecule has 11 heteroatoms. The van der Waals surface area contributed by atoms with E-state index < -0.39 is 22.5 Å². The van der Waals surface area contributed by atoms with Crippen LogP contribution in [0.25, 0.3) is 5.52 Å². The third-order valence-electron chi connectivity index (χ3n) is 7.19. The highest BCUT2D eigenvalue weighted by molar-refractivity contribution is 9.10. The summed E-state index contributed by atoms with van der Waals surface area (Å²) in [5.74, 6) is 0.884. The molecule has 3 aromatic rings. The predicted molar refractivity (Wildman–Crippen MR) is 136 cm³/mol. The Bertz CT molecular complexity index is 1250. The van der Waals surface area contributed by atoms with Crippen molar-refractivity contribution in [1.29, 1.82) is 0 Å². The van der Waals surface area contributed by atoms with Crippen molar-refractivity contribution < 1.29 is 13.3 Å². The largest absolute Gasteiger partial charge is 0.598 e. The molecule has 0 bridgehead atoms. The molecule has 5 rings (SSSR count). The first kappa shape index (κ1) is 24.9. The second-order valence-electron chi connectivity index (χ2n) is 10.5. The molecule has 2 unspecified atom stereocenters. The van der Waals surface area contributed by atoms with Crippen molar-refractivity contribution in [3.8, 4) is 0 Å². The maximum absolute atomic E-state index is 13.5. The zero-order chi connectivity index (χ0) is 25.1. The predicted octanol–water partition coefficient (Wildman–Crippen LogP) is 5.07. The van der Waals surface area contributed by atoms with E-state index in [0.717, 1.165) is 58.8 Å². The lowest BCUT2D eigenvalue weighted by Gasteiger charge is -2.44. The number of hydrogen-bond donors (Lipinski definition) is 1. The van der Waals surface area contributed by atoms with E-state index in [2.05, 4.69) is 35.6 Å². The number of pyridine rings is 1. The highest BCUT2D eigenvalue weighted by atomic mass is 79.9. The number of nitrogens with zero attached hydrogens (tertiary/aromatic N) is 5. The molecule has 3 aromatic heterocycles. The van der Waals surface area contributed by atoms with Crippen LogP contribution in [0.2, 0.25) is 0 Å². The quantitative estimate of drug-likeness (QED) is 0.444. The number of anilines is 1. The van der Waals surface area contributed by atoms with Crippen LogP contribution in [-0.4, -0.2) is 42.0 Å². The highest BCUT2D eigenvalue weighted by Crippen LogP contribution is 2.53. The Labute approximate surface area is 215 Å². The number of rotatable bonds is 4. The number of aromatic nitrogens is 4. The maximum atomic E-state index is 13.5. The Morgan fingerprint density at radius 2 is 2.00 bits per heavy atom. The standard InChI is InChI=1S/C24H29BrF2N6OS/c1-14-20(25)33-18(5-8-29-33)22(30-14)32-9-6-24(7-10-32)12-17-16(11-15(13-28-17)21(26)27)19(24)31-35(34)23(2,3)4/h5,8,11,13,19,21,31H,6-7,9-10,12H2,1-4H3. The van der Waals surface area contributed by atoms with Crippen molar-refractivity contribution in [2.75, 3.05) is 18.0 Å². The average Bonchev–Trinajstić information content (AvgIpc) is 3.40. The molecule has 1 saturated heterocycles. The number of nitrogens with one attached hydrogen (secondary N) is 1. The third-order valence-corrected chi connectivity index (χ3v) is 9.66. The molecule has 188 valence electrons. The van der Waals surface area contributed by atoms with Gasteiger partial charge in [-0.15, -0.1) is 4.72 Å². The molecule has 0 saturated carbocycles. The van der Waals surface area contributed by atoms with Gasteiger partial charge in [-0.25, -0.2) is 18.3 Å². The summed E-state index contributed by atoms with van der Waals surface area (Å²) < 4.78 is 45.7. The molecule has 1 N–H and O–H groups in total. The van der Waals surface area contributed by atoms with Gasteiger partial charge in [0.15, 0.2) is 5.82 Å². The van der Waals surface area contributed by atoms with Crippen LogP contribution in [0.3, 0.4) is 0 Å². The molecule has 1 fully saturated rings. The molecule has 1 spiro atoms. The number of fused-ring (bicyclic) bond motifs is 2. The highest BCUT2D eigenvalue weighted by Gasteiger charge is 2.51. The van der Waals surface area contributed by atoms with Crippen molar-refractivity contribution in [2.45, 2.75) is 64.2 Å². The molecule has 0 radical (unpaired) electrons. The fourth-order valence-electron chi connectivity index (χ4n) is 5.19. The minimum absolute atomic E-state index is 0.0933. The molecule has 0 amide bonds. The van der Waals surface area contributed by atoms with Gasteiger partial charge >= 0.3 is 0 Å². The first-order valence-electron chi connectivity index (χ1n) is 11.7. The second kappa shape index (κ2) is 8.93. The fourth-order valence-corrected chi connectivity index (χ4v) is 6.50. The van der Waals surface area contributed by atoms with Gasteiger partial charge in [0.25, 0.3) is 6.43 Å². The zero-order valence-electron chi connectivity index (χ0n) is 20.2. The van der Waals surface area contributed by atoms with E-state index in [9.17, 15) is 13.3 Å². The van der Waals surface area contributed by atoms with Gasteiger partial charge in [0, 0.05) is 47.3 Å². The van der Waals surface area contributed by atoms with E-state index in [4.69, 9.17) is 4.98 Å². The Kier molecular flexibility index (Phi) is 6.34. The SMILES string of the molecule is Cc1nc(N2CCC3(CC2)Cc2ncc(C(F)F)cc2C3N[S+]([O-])C(C)(C)C)c2ccnn2c1Br. The summed E-state index contributed by atoms with van der Waals surface area (Å²) in [6, 6.07) is 3.20. The lowest BCUT2D eigenvalue weighted by Crippen LogP contribution is -2.50. The first-order valence-corrected chi connectivity index (χ1v) is 13.6. The van der Waals surface area contributed by atoms with Gasteiger partial charge in [-0.2, -0.15) is 5.10 Å². The normalized spacial score (nSPS) is 20.7. The lowest BCUT2D eigenvalue weighted by atomic mass is 9.73. The van der Waals surface area contributed by atoms with Crippen LogP contribution in [0.15, 0.2) is 29.1 Å².